The molecule has 0 fully saturated rings. The number of primary amides is 1. The molecule has 0 bridgehead atoms. The van der Waals surface area contributed by atoms with Crippen LogP contribution in [0.3, 0.4) is 0 Å². The molecule has 0 unspecified atom stereocenters. The number of amides is 1. The summed E-state index contributed by atoms with van der Waals surface area (Å²) < 4.78 is 13.2. The van der Waals surface area contributed by atoms with Crippen LogP contribution in [0.2, 0.25) is 0 Å². The fraction of sp³-hybridized carbons (Fsp3) is 0. The van der Waals surface area contributed by atoms with Crippen molar-refractivity contribution >= 4 is 39.2 Å². The highest BCUT2D eigenvalue weighted by atomic mass is 32.2. The quantitative estimate of drug-likeness (QED) is 0.774. The number of thiophene rings is 1. The molecule has 3 aromatic rings. The van der Waals surface area contributed by atoms with E-state index in [1.165, 1.54) is 35.2 Å². The van der Waals surface area contributed by atoms with Crippen molar-refractivity contribution in [2.24, 2.45) is 5.73 Å². The maximum absolute atomic E-state index is 13.2. The second-order valence-corrected chi connectivity index (χ2v) is 5.92. The smallest absolute Gasteiger partial charge is 0.266 e. The molecule has 1 aromatic carbocycles. The van der Waals surface area contributed by atoms with Crippen molar-refractivity contribution in [2.45, 2.75) is 9.79 Å². The first-order valence-electron chi connectivity index (χ1n) is 5.47. The van der Waals surface area contributed by atoms with Gasteiger partial charge in [-0.05, 0) is 29.6 Å². The minimum atomic E-state index is -0.512. The number of aromatic amines is 1. The number of halogens is 1. The second kappa shape index (κ2) is 4.71. The molecular weight excluding hydrogens is 283 g/mol. The van der Waals surface area contributed by atoms with Crippen molar-refractivity contribution in [2.75, 3.05) is 0 Å². The van der Waals surface area contributed by atoms with Crippen LogP contribution in [0.15, 0.2) is 45.5 Å². The minimum Gasteiger partial charge on any atom is -0.364 e. The van der Waals surface area contributed by atoms with Crippen LogP contribution in [0.5, 0.6) is 0 Å². The molecule has 0 saturated carbocycles. The van der Waals surface area contributed by atoms with E-state index in [1.54, 1.807) is 12.1 Å². The Labute approximate surface area is 116 Å². The van der Waals surface area contributed by atoms with Crippen LogP contribution in [-0.2, 0) is 0 Å². The van der Waals surface area contributed by atoms with Gasteiger partial charge in [0.25, 0.3) is 5.91 Å². The highest BCUT2D eigenvalue weighted by Gasteiger charge is 2.17. The van der Waals surface area contributed by atoms with Gasteiger partial charge in [0, 0.05) is 10.3 Å². The molecule has 96 valence electrons. The molecule has 0 spiro atoms. The Hall–Kier alpha value is -1.79. The molecule has 3 N–H and O–H groups in total. The summed E-state index contributed by atoms with van der Waals surface area (Å²) in [6, 6.07) is 8.17. The summed E-state index contributed by atoms with van der Waals surface area (Å²) in [5.41, 5.74) is 5.74. The first kappa shape index (κ1) is 12.3. The SMILES string of the molecule is NC(=O)c1[nH]c2sccc2c1Sc1cccc(F)c1. The fourth-order valence-electron chi connectivity index (χ4n) is 1.82. The molecule has 1 amide bonds. The summed E-state index contributed by atoms with van der Waals surface area (Å²) in [6.07, 6.45) is 0. The third-order valence-electron chi connectivity index (χ3n) is 2.64. The number of benzene rings is 1. The van der Waals surface area contributed by atoms with Crippen LogP contribution in [-0.4, -0.2) is 10.9 Å². The largest absolute Gasteiger partial charge is 0.364 e. The average Bonchev–Trinajstić information content (AvgIpc) is 2.92. The Morgan fingerprint density at radius 2 is 2.21 bits per heavy atom. The first-order chi connectivity index (χ1) is 9.15. The van der Waals surface area contributed by atoms with Gasteiger partial charge in [-0.1, -0.05) is 17.8 Å². The van der Waals surface area contributed by atoms with Gasteiger partial charge in [0.1, 0.15) is 16.3 Å². The normalized spacial score (nSPS) is 11.0. The lowest BCUT2D eigenvalue weighted by atomic mass is 10.3. The van der Waals surface area contributed by atoms with E-state index in [0.717, 1.165) is 20.0 Å². The summed E-state index contributed by atoms with van der Waals surface area (Å²) in [6.45, 7) is 0. The predicted octanol–water partition coefficient (Wildman–Crippen LogP) is 3.62. The van der Waals surface area contributed by atoms with E-state index < -0.39 is 5.91 Å². The van der Waals surface area contributed by atoms with E-state index in [9.17, 15) is 9.18 Å². The van der Waals surface area contributed by atoms with Gasteiger partial charge in [-0.15, -0.1) is 11.3 Å². The minimum absolute atomic E-state index is 0.303. The Balaban J connectivity index is 2.10. The summed E-state index contributed by atoms with van der Waals surface area (Å²) in [5.74, 6) is -0.815. The van der Waals surface area contributed by atoms with Crippen LogP contribution < -0.4 is 5.73 Å². The Kier molecular flexibility index (Phi) is 3.04. The zero-order valence-electron chi connectivity index (χ0n) is 9.64. The zero-order chi connectivity index (χ0) is 13.4. The molecule has 2 heterocycles. The monoisotopic (exact) mass is 292 g/mol. The molecule has 3 nitrogen and oxygen atoms in total. The lowest BCUT2D eigenvalue weighted by Crippen LogP contribution is -2.12. The molecular formula is C13H9FN2OS2. The third kappa shape index (κ3) is 2.24. The van der Waals surface area contributed by atoms with Gasteiger partial charge >= 0.3 is 0 Å². The Morgan fingerprint density at radius 1 is 1.37 bits per heavy atom. The molecule has 3 rings (SSSR count). The second-order valence-electron chi connectivity index (χ2n) is 3.92. The molecule has 0 aliphatic rings. The van der Waals surface area contributed by atoms with E-state index in [-0.39, 0.29) is 5.82 Å². The third-order valence-corrected chi connectivity index (χ3v) is 4.59. The molecule has 0 radical (unpaired) electrons. The van der Waals surface area contributed by atoms with Crippen molar-refractivity contribution in [3.63, 3.8) is 0 Å². The molecule has 19 heavy (non-hydrogen) atoms. The summed E-state index contributed by atoms with van der Waals surface area (Å²) >= 11 is 2.83. The number of aromatic nitrogens is 1. The number of nitrogens with two attached hydrogens (primary N) is 1. The maximum atomic E-state index is 13.2. The van der Waals surface area contributed by atoms with E-state index in [1.807, 2.05) is 11.4 Å². The molecule has 0 aliphatic heterocycles. The predicted molar refractivity (Wildman–Crippen MR) is 75.2 cm³/mol. The molecule has 0 saturated heterocycles. The highest BCUT2D eigenvalue weighted by Crippen LogP contribution is 2.38. The number of hydrogen-bond donors (Lipinski definition) is 2. The van der Waals surface area contributed by atoms with E-state index >= 15 is 0 Å². The van der Waals surface area contributed by atoms with Gasteiger partial charge in [0.05, 0.1) is 4.90 Å². The zero-order valence-corrected chi connectivity index (χ0v) is 11.3. The lowest BCUT2D eigenvalue weighted by Gasteiger charge is -2.02. The Morgan fingerprint density at radius 3 is 2.95 bits per heavy atom. The van der Waals surface area contributed by atoms with Crippen molar-refractivity contribution < 1.29 is 9.18 Å². The first-order valence-corrected chi connectivity index (χ1v) is 7.17. The topological polar surface area (TPSA) is 58.9 Å². The van der Waals surface area contributed by atoms with Crippen molar-refractivity contribution in [3.05, 3.63) is 47.2 Å². The standard InChI is InChI=1S/C13H9FN2OS2/c14-7-2-1-3-8(6-7)19-11-9-4-5-18-13(9)16-10(11)12(15)17/h1-6,16H,(H2,15,17). The van der Waals surface area contributed by atoms with Crippen LogP contribution in [0.1, 0.15) is 10.5 Å². The van der Waals surface area contributed by atoms with E-state index in [2.05, 4.69) is 4.98 Å². The maximum Gasteiger partial charge on any atom is 0.266 e. The van der Waals surface area contributed by atoms with Crippen LogP contribution >= 0.6 is 23.1 Å². The molecule has 0 atom stereocenters. The molecule has 0 aliphatic carbocycles. The number of nitrogens with one attached hydrogen (secondary N) is 1. The highest BCUT2D eigenvalue weighted by molar-refractivity contribution is 7.99. The number of rotatable bonds is 3. The van der Waals surface area contributed by atoms with Gasteiger partial charge in [-0.2, -0.15) is 0 Å². The summed E-state index contributed by atoms with van der Waals surface area (Å²) in [5, 5.41) is 2.87. The number of H-pyrrole nitrogens is 1. The number of carbonyl (C=O) groups is 1. The number of fused-ring (bicyclic) bond motifs is 1. The fourth-order valence-corrected chi connectivity index (χ4v) is 3.77. The van der Waals surface area contributed by atoms with Gasteiger partial charge in [0.15, 0.2) is 0 Å². The van der Waals surface area contributed by atoms with Crippen molar-refractivity contribution in [1.82, 2.24) is 4.98 Å². The van der Waals surface area contributed by atoms with Gasteiger partial charge in [-0.3, -0.25) is 4.79 Å². The van der Waals surface area contributed by atoms with Crippen molar-refractivity contribution in [1.29, 1.82) is 0 Å². The van der Waals surface area contributed by atoms with Crippen LogP contribution in [0, 0.1) is 5.82 Å². The van der Waals surface area contributed by atoms with Crippen molar-refractivity contribution in [3.8, 4) is 0 Å². The summed E-state index contributed by atoms with van der Waals surface area (Å²) in [4.78, 5) is 16.8. The number of carbonyl (C=O) groups excluding carboxylic acids is 1. The summed E-state index contributed by atoms with van der Waals surface area (Å²) in [7, 11) is 0. The van der Waals surface area contributed by atoms with Gasteiger partial charge < -0.3 is 10.7 Å². The van der Waals surface area contributed by atoms with Gasteiger partial charge in [-0.25, -0.2) is 4.39 Å². The van der Waals surface area contributed by atoms with E-state index in [4.69, 9.17) is 5.73 Å². The van der Waals surface area contributed by atoms with Gasteiger partial charge in [0.2, 0.25) is 0 Å². The van der Waals surface area contributed by atoms with Crippen LogP contribution in [0.25, 0.3) is 10.2 Å². The molecule has 6 heteroatoms. The Bertz CT molecular complexity index is 763. The van der Waals surface area contributed by atoms with Crippen LogP contribution in [0.4, 0.5) is 4.39 Å². The lowest BCUT2D eigenvalue weighted by molar-refractivity contribution is 0.0993. The number of hydrogen-bond acceptors (Lipinski definition) is 3. The van der Waals surface area contributed by atoms with E-state index in [0.29, 0.717) is 5.69 Å². The molecule has 2 aromatic heterocycles. The average molecular weight is 292 g/mol.